The molecule has 1 aromatic rings. The van der Waals surface area contributed by atoms with Gasteiger partial charge in [0, 0.05) is 19.5 Å². The highest BCUT2D eigenvalue weighted by molar-refractivity contribution is 7.80. The number of aliphatic hydroxyl groups excluding tert-OH is 1. The highest BCUT2D eigenvalue weighted by Gasteiger charge is 2.14. The van der Waals surface area contributed by atoms with Gasteiger partial charge in [0.25, 0.3) is 0 Å². The molecule has 0 aliphatic carbocycles. The number of aryl methyl sites for hydroxylation is 1. The fourth-order valence-corrected chi connectivity index (χ4v) is 2.10. The number of rotatable bonds is 7. The van der Waals surface area contributed by atoms with Crippen LogP contribution in [0.2, 0.25) is 0 Å². The molecular formula is C16H21NOS. The Morgan fingerprint density at radius 1 is 1.26 bits per heavy atom. The van der Waals surface area contributed by atoms with E-state index >= 15 is 0 Å². The summed E-state index contributed by atoms with van der Waals surface area (Å²) in [5.74, 6) is 0. The van der Waals surface area contributed by atoms with Crippen LogP contribution in [0.25, 0.3) is 0 Å². The summed E-state index contributed by atoms with van der Waals surface area (Å²) < 4.78 is 0. The Morgan fingerprint density at radius 2 is 1.79 bits per heavy atom. The maximum Gasteiger partial charge on any atom is 0.0853 e. The molecule has 19 heavy (non-hydrogen) atoms. The molecule has 0 heterocycles. The van der Waals surface area contributed by atoms with Crippen LogP contribution in [0.1, 0.15) is 23.7 Å². The third kappa shape index (κ3) is 4.97. The van der Waals surface area contributed by atoms with Gasteiger partial charge < -0.3 is 10.0 Å². The minimum atomic E-state index is -0.565. The average Bonchev–Trinajstić information content (AvgIpc) is 2.39. The Bertz CT molecular complexity index is 429. The Morgan fingerprint density at radius 3 is 2.26 bits per heavy atom. The van der Waals surface area contributed by atoms with Gasteiger partial charge in [-0.3, -0.25) is 0 Å². The van der Waals surface area contributed by atoms with Crippen molar-refractivity contribution in [1.82, 2.24) is 4.90 Å². The van der Waals surface area contributed by atoms with Gasteiger partial charge in [0.1, 0.15) is 0 Å². The molecule has 3 heteroatoms. The number of thiocarbonyl (C=S) groups is 1. The third-order valence-corrected chi connectivity index (χ3v) is 3.31. The van der Waals surface area contributed by atoms with Crippen LogP contribution in [-0.2, 0) is 0 Å². The van der Waals surface area contributed by atoms with E-state index in [1.165, 1.54) is 5.56 Å². The number of hydrogen-bond acceptors (Lipinski definition) is 2. The molecule has 0 amide bonds. The fraction of sp³-hybridized carbons (Fsp3) is 0.312. The molecule has 0 saturated carbocycles. The van der Waals surface area contributed by atoms with Crippen LogP contribution >= 0.6 is 12.2 Å². The van der Waals surface area contributed by atoms with E-state index in [0.717, 1.165) is 10.6 Å². The van der Waals surface area contributed by atoms with Gasteiger partial charge in [-0.1, -0.05) is 54.2 Å². The van der Waals surface area contributed by atoms with Crippen LogP contribution in [0, 0.1) is 6.92 Å². The molecule has 0 saturated heterocycles. The number of aliphatic hydroxyl groups is 1. The zero-order chi connectivity index (χ0) is 14.3. The zero-order valence-electron chi connectivity index (χ0n) is 11.4. The Labute approximate surface area is 121 Å². The molecule has 102 valence electrons. The maximum absolute atomic E-state index is 10.2. The monoisotopic (exact) mass is 275 g/mol. The molecule has 0 fully saturated rings. The summed E-state index contributed by atoms with van der Waals surface area (Å²) in [6.45, 7) is 10.8. The topological polar surface area (TPSA) is 23.5 Å². The molecular weight excluding hydrogens is 254 g/mol. The smallest absolute Gasteiger partial charge is 0.0853 e. The van der Waals surface area contributed by atoms with Gasteiger partial charge in [-0.2, -0.15) is 0 Å². The van der Waals surface area contributed by atoms with Gasteiger partial charge >= 0.3 is 0 Å². The first kappa shape index (κ1) is 15.6. The van der Waals surface area contributed by atoms with Crippen molar-refractivity contribution in [2.24, 2.45) is 0 Å². The highest BCUT2D eigenvalue weighted by atomic mass is 32.1. The number of hydrogen-bond donors (Lipinski definition) is 1. The molecule has 0 aliphatic rings. The van der Waals surface area contributed by atoms with Crippen molar-refractivity contribution in [2.45, 2.75) is 19.4 Å². The molecule has 2 nitrogen and oxygen atoms in total. The molecule has 0 unspecified atom stereocenters. The van der Waals surface area contributed by atoms with Gasteiger partial charge in [0.15, 0.2) is 0 Å². The molecule has 0 aromatic heterocycles. The first-order chi connectivity index (χ1) is 9.08. The van der Waals surface area contributed by atoms with Gasteiger partial charge in [0.05, 0.1) is 11.1 Å². The maximum atomic E-state index is 10.2. The molecule has 0 aliphatic heterocycles. The lowest BCUT2D eigenvalue weighted by molar-refractivity contribution is 0.183. The van der Waals surface area contributed by atoms with Crippen LogP contribution in [0.4, 0.5) is 0 Å². The number of nitrogens with zero attached hydrogens (tertiary/aromatic N) is 1. The first-order valence-corrected chi connectivity index (χ1v) is 6.73. The van der Waals surface area contributed by atoms with E-state index < -0.39 is 6.10 Å². The van der Waals surface area contributed by atoms with E-state index in [1.54, 1.807) is 12.2 Å². The van der Waals surface area contributed by atoms with Crippen molar-refractivity contribution in [3.8, 4) is 0 Å². The van der Waals surface area contributed by atoms with Crippen molar-refractivity contribution in [3.05, 3.63) is 60.7 Å². The molecule has 1 rings (SSSR count). The average molecular weight is 275 g/mol. The summed E-state index contributed by atoms with van der Waals surface area (Å²) in [4.78, 5) is 2.71. The lowest BCUT2D eigenvalue weighted by atomic mass is 10.0. The largest absolute Gasteiger partial charge is 0.388 e. The van der Waals surface area contributed by atoms with Crippen molar-refractivity contribution >= 4 is 17.2 Å². The minimum Gasteiger partial charge on any atom is -0.388 e. The molecule has 1 N–H and O–H groups in total. The van der Waals surface area contributed by atoms with E-state index in [2.05, 4.69) is 13.2 Å². The lowest BCUT2D eigenvalue weighted by Crippen LogP contribution is -2.30. The van der Waals surface area contributed by atoms with Crippen LogP contribution in [0.15, 0.2) is 49.6 Å². The van der Waals surface area contributed by atoms with E-state index in [-0.39, 0.29) is 0 Å². The van der Waals surface area contributed by atoms with Crippen molar-refractivity contribution in [1.29, 1.82) is 0 Å². The van der Waals surface area contributed by atoms with Crippen molar-refractivity contribution in [3.63, 3.8) is 0 Å². The van der Waals surface area contributed by atoms with Gasteiger partial charge in [-0.25, -0.2) is 0 Å². The van der Waals surface area contributed by atoms with Crippen LogP contribution in [0.5, 0.6) is 0 Å². The summed E-state index contributed by atoms with van der Waals surface area (Å²) in [5.41, 5.74) is 2.07. The molecule has 1 aromatic carbocycles. The second kappa shape index (κ2) is 7.87. The van der Waals surface area contributed by atoms with E-state index in [9.17, 15) is 5.11 Å². The highest BCUT2D eigenvalue weighted by Crippen LogP contribution is 2.19. The van der Waals surface area contributed by atoms with Gasteiger partial charge in [-0.15, -0.1) is 13.2 Å². The predicted octanol–water partition coefficient (Wildman–Crippen LogP) is 3.42. The van der Waals surface area contributed by atoms with Crippen molar-refractivity contribution in [2.75, 3.05) is 13.1 Å². The molecule has 0 radical (unpaired) electrons. The van der Waals surface area contributed by atoms with E-state index in [1.807, 2.05) is 36.1 Å². The van der Waals surface area contributed by atoms with E-state index in [4.69, 9.17) is 12.2 Å². The Kier molecular flexibility index (Phi) is 6.46. The zero-order valence-corrected chi connectivity index (χ0v) is 12.2. The third-order valence-electron chi connectivity index (χ3n) is 2.88. The summed E-state index contributed by atoms with van der Waals surface area (Å²) in [6.07, 6.45) is 3.48. The SMILES string of the molecule is C=CCN(CC=C)C(=S)C[C@@H](O)c1ccc(C)cc1. The van der Waals surface area contributed by atoms with E-state index in [0.29, 0.717) is 19.5 Å². The quantitative estimate of drug-likeness (QED) is 0.609. The molecule has 0 bridgehead atoms. The Hall–Kier alpha value is -1.45. The summed E-state index contributed by atoms with van der Waals surface area (Å²) in [7, 11) is 0. The number of benzene rings is 1. The lowest BCUT2D eigenvalue weighted by Gasteiger charge is -2.24. The Balaban J connectivity index is 2.66. The normalized spacial score (nSPS) is 11.7. The van der Waals surface area contributed by atoms with Crippen molar-refractivity contribution < 1.29 is 5.11 Å². The summed E-state index contributed by atoms with van der Waals surface area (Å²) >= 11 is 5.38. The summed E-state index contributed by atoms with van der Waals surface area (Å²) in [6, 6.07) is 7.86. The van der Waals surface area contributed by atoms with Gasteiger partial charge in [-0.05, 0) is 12.5 Å². The second-order valence-electron chi connectivity index (χ2n) is 4.51. The van der Waals surface area contributed by atoms with Crippen LogP contribution in [-0.4, -0.2) is 28.1 Å². The standard InChI is InChI=1S/C16H21NOS/c1-4-10-17(11-5-2)16(19)12-15(18)14-8-6-13(3)7-9-14/h4-9,15,18H,1-2,10-12H2,3H3/t15-/m1/s1. The van der Waals surface area contributed by atoms with Crippen LogP contribution < -0.4 is 0 Å². The minimum absolute atomic E-state index is 0.445. The second-order valence-corrected chi connectivity index (χ2v) is 4.98. The first-order valence-electron chi connectivity index (χ1n) is 6.32. The predicted molar refractivity (Wildman–Crippen MR) is 85.3 cm³/mol. The summed E-state index contributed by atoms with van der Waals surface area (Å²) in [5, 5.41) is 10.2. The van der Waals surface area contributed by atoms with Crippen LogP contribution in [0.3, 0.4) is 0 Å². The molecule has 1 atom stereocenters. The van der Waals surface area contributed by atoms with Gasteiger partial charge in [0.2, 0.25) is 0 Å². The fourth-order valence-electron chi connectivity index (χ4n) is 1.79. The molecule has 0 spiro atoms.